The number of thiol groups is 1. The Morgan fingerprint density at radius 2 is 1.44 bits per heavy atom. The minimum absolute atomic E-state index is 0.0110. The summed E-state index contributed by atoms with van der Waals surface area (Å²) in [5.74, 6) is -1.39. The fraction of sp³-hybridized carbons (Fsp3) is 0.500. The lowest BCUT2D eigenvalue weighted by molar-refractivity contribution is -0.127. The maximum absolute atomic E-state index is 11.0. The molecule has 0 aromatic carbocycles. The quantitative estimate of drug-likeness (QED) is 0.369. The van der Waals surface area contributed by atoms with E-state index in [0.29, 0.717) is 0 Å². The molecule has 0 aliphatic carbocycles. The number of nitrogens with one attached hydrogen (secondary N) is 3. The van der Waals surface area contributed by atoms with Crippen molar-refractivity contribution in [3.8, 4) is 0 Å². The molecule has 0 atom stereocenters. The van der Waals surface area contributed by atoms with E-state index in [1.54, 1.807) is 0 Å². The van der Waals surface area contributed by atoms with Crippen LogP contribution in [-0.4, -0.2) is 49.4 Å². The van der Waals surface area contributed by atoms with Crippen LogP contribution in [0.3, 0.4) is 0 Å². The fourth-order valence-corrected chi connectivity index (χ4v) is 0.785. The smallest absolute Gasteiger partial charge is 0.239 e. The summed E-state index contributed by atoms with van der Waals surface area (Å²) in [4.78, 5) is 42.4. The summed E-state index contributed by atoms with van der Waals surface area (Å²) >= 11 is 3.70. The summed E-state index contributed by atoms with van der Waals surface area (Å²) in [7, 11) is 0. The van der Waals surface area contributed by atoms with E-state index in [2.05, 4.69) is 28.6 Å². The molecule has 0 bridgehead atoms. The van der Waals surface area contributed by atoms with Crippen LogP contribution in [-0.2, 0) is 19.2 Å². The minimum atomic E-state index is -0.503. The predicted molar refractivity (Wildman–Crippen MR) is 58.6 cm³/mol. The van der Waals surface area contributed by atoms with Crippen molar-refractivity contribution in [2.24, 2.45) is 0 Å². The summed E-state index contributed by atoms with van der Waals surface area (Å²) in [5.41, 5.74) is 0. The van der Waals surface area contributed by atoms with Gasteiger partial charge in [-0.15, -0.1) is 0 Å². The van der Waals surface area contributed by atoms with Gasteiger partial charge in [-0.1, -0.05) is 0 Å². The Morgan fingerprint density at radius 1 is 0.938 bits per heavy atom. The summed E-state index contributed by atoms with van der Waals surface area (Å²) in [6.45, 7) is -0.686. The molecule has 16 heavy (non-hydrogen) atoms. The van der Waals surface area contributed by atoms with Gasteiger partial charge in [0.05, 0.1) is 25.4 Å². The van der Waals surface area contributed by atoms with Crippen LogP contribution < -0.4 is 16.0 Å². The zero-order valence-electron chi connectivity index (χ0n) is 8.41. The summed E-state index contributed by atoms with van der Waals surface area (Å²) in [6.07, 6.45) is 1.47. The van der Waals surface area contributed by atoms with Gasteiger partial charge >= 0.3 is 0 Å². The Labute approximate surface area is 97.7 Å². The van der Waals surface area contributed by atoms with Crippen LogP contribution in [0, 0.1) is 0 Å². The zero-order valence-corrected chi connectivity index (χ0v) is 9.30. The Bertz CT molecular complexity index is 282. The lowest BCUT2D eigenvalue weighted by Gasteiger charge is -2.05. The standard InChI is InChI=1S/C8H12N3O4S/c12-2-1-9-6(13)3-10-7(14)4-11-8(15)5-16/h16H,1,3-5H2,(H,9,13)(H,10,14)(H,11,15). The maximum atomic E-state index is 11.0. The molecular formula is C8H12N3O4S. The number of carbonyl (C=O) groups is 3. The van der Waals surface area contributed by atoms with Crippen LogP contribution in [0.5, 0.6) is 0 Å². The predicted octanol–water partition coefficient (Wildman–Crippen LogP) is -2.63. The first kappa shape index (κ1) is 14.4. The van der Waals surface area contributed by atoms with E-state index in [0.717, 1.165) is 0 Å². The highest BCUT2D eigenvalue weighted by Crippen LogP contribution is 1.73. The first-order chi connectivity index (χ1) is 7.60. The Hall–Kier alpha value is -1.57. The monoisotopic (exact) mass is 246 g/mol. The normalized spacial score (nSPS) is 9.06. The van der Waals surface area contributed by atoms with E-state index in [1.807, 2.05) is 0 Å². The molecule has 0 aromatic rings. The van der Waals surface area contributed by atoms with Crippen LogP contribution in [0.15, 0.2) is 0 Å². The number of amides is 3. The van der Waals surface area contributed by atoms with Gasteiger partial charge in [0.2, 0.25) is 24.0 Å². The van der Waals surface area contributed by atoms with Gasteiger partial charge in [0.1, 0.15) is 0 Å². The molecule has 7 nitrogen and oxygen atoms in total. The number of rotatable bonds is 7. The third-order valence-electron chi connectivity index (χ3n) is 1.39. The average Bonchev–Trinajstić information content (AvgIpc) is 2.30. The van der Waals surface area contributed by atoms with Crippen molar-refractivity contribution < 1.29 is 19.2 Å². The molecule has 0 aliphatic rings. The lowest BCUT2D eigenvalue weighted by atomic mass is 10.5. The molecule has 3 amide bonds. The second kappa shape index (κ2) is 8.72. The highest BCUT2D eigenvalue weighted by Gasteiger charge is 2.06. The minimum Gasteiger partial charge on any atom is -0.347 e. The number of carbonyl (C=O) groups excluding carboxylic acids is 4. The van der Waals surface area contributed by atoms with Gasteiger partial charge in [0.15, 0.2) is 0 Å². The van der Waals surface area contributed by atoms with E-state index in [-0.39, 0.29) is 31.3 Å². The van der Waals surface area contributed by atoms with Gasteiger partial charge in [-0.3, -0.25) is 19.2 Å². The molecule has 0 rings (SSSR count). The molecule has 0 heterocycles. The van der Waals surface area contributed by atoms with Crippen molar-refractivity contribution in [1.29, 1.82) is 0 Å². The van der Waals surface area contributed by atoms with E-state index < -0.39 is 11.8 Å². The second-order valence-corrected chi connectivity index (χ2v) is 2.95. The summed E-state index contributed by atoms with van der Waals surface area (Å²) in [6, 6.07) is 0. The third kappa shape index (κ3) is 7.80. The molecule has 0 saturated heterocycles. The first-order valence-electron chi connectivity index (χ1n) is 4.36. The van der Waals surface area contributed by atoms with Crippen LogP contribution >= 0.6 is 12.6 Å². The van der Waals surface area contributed by atoms with E-state index in [1.165, 1.54) is 6.29 Å². The molecule has 0 saturated carbocycles. The lowest BCUT2D eigenvalue weighted by Crippen LogP contribution is -2.42. The van der Waals surface area contributed by atoms with Crippen molar-refractivity contribution in [3.05, 3.63) is 0 Å². The highest BCUT2D eigenvalue weighted by atomic mass is 32.1. The first-order valence-corrected chi connectivity index (χ1v) is 4.99. The molecule has 0 fully saturated rings. The Morgan fingerprint density at radius 3 is 1.94 bits per heavy atom. The maximum Gasteiger partial charge on any atom is 0.239 e. The van der Waals surface area contributed by atoms with E-state index >= 15 is 0 Å². The number of hydrogen-bond acceptors (Lipinski definition) is 5. The molecule has 0 aromatic heterocycles. The van der Waals surface area contributed by atoms with Crippen LogP contribution in [0.25, 0.3) is 0 Å². The zero-order chi connectivity index (χ0) is 12.4. The number of hydrogen-bond donors (Lipinski definition) is 4. The molecule has 0 aliphatic heterocycles. The van der Waals surface area contributed by atoms with Gasteiger partial charge in [0, 0.05) is 0 Å². The van der Waals surface area contributed by atoms with Crippen molar-refractivity contribution in [3.63, 3.8) is 0 Å². The Kier molecular flexibility index (Phi) is 7.86. The second-order valence-electron chi connectivity index (χ2n) is 2.63. The van der Waals surface area contributed by atoms with Crippen molar-refractivity contribution in [2.75, 3.05) is 25.4 Å². The molecular weight excluding hydrogens is 234 g/mol. The van der Waals surface area contributed by atoms with Crippen LogP contribution in [0.1, 0.15) is 0 Å². The van der Waals surface area contributed by atoms with Crippen molar-refractivity contribution in [2.45, 2.75) is 0 Å². The van der Waals surface area contributed by atoms with Gasteiger partial charge in [-0.05, 0) is 0 Å². The topological polar surface area (TPSA) is 104 Å². The van der Waals surface area contributed by atoms with Crippen LogP contribution in [0.4, 0.5) is 0 Å². The van der Waals surface area contributed by atoms with E-state index in [9.17, 15) is 19.2 Å². The Balaban J connectivity index is 3.60. The summed E-state index contributed by atoms with van der Waals surface area (Å²) in [5, 5.41) is 6.71. The molecule has 1 radical (unpaired) electrons. The van der Waals surface area contributed by atoms with Gasteiger partial charge < -0.3 is 16.0 Å². The molecule has 0 spiro atoms. The largest absolute Gasteiger partial charge is 0.347 e. The van der Waals surface area contributed by atoms with Crippen molar-refractivity contribution >= 4 is 36.6 Å². The SMILES string of the molecule is O=[C]CNC(=O)CNC(=O)CNC(=O)CS. The average molecular weight is 246 g/mol. The highest BCUT2D eigenvalue weighted by molar-refractivity contribution is 7.81. The van der Waals surface area contributed by atoms with Gasteiger partial charge in [0.25, 0.3) is 0 Å². The van der Waals surface area contributed by atoms with Crippen molar-refractivity contribution in [1.82, 2.24) is 16.0 Å². The molecule has 89 valence electrons. The molecule has 3 N–H and O–H groups in total. The third-order valence-corrected chi connectivity index (χ3v) is 1.68. The summed E-state index contributed by atoms with van der Waals surface area (Å²) < 4.78 is 0. The molecule has 8 heteroatoms. The van der Waals surface area contributed by atoms with Crippen LogP contribution in [0.2, 0.25) is 0 Å². The van der Waals surface area contributed by atoms with Gasteiger partial charge in [-0.25, -0.2) is 0 Å². The fourth-order valence-electron chi connectivity index (χ4n) is 0.673. The van der Waals surface area contributed by atoms with Gasteiger partial charge in [-0.2, -0.15) is 12.6 Å². The molecule has 0 unspecified atom stereocenters. The van der Waals surface area contributed by atoms with E-state index in [4.69, 9.17) is 0 Å².